The summed E-state index contributed by atoms with van der Waals surface area (Å²) < 4.78 is 52.7. The third-order valence-corrected chi connectivity index (χ3v) is 6.20. The molecule has 0 aromatic heterocycles. The largest absolute Gasteiger partial charge is 0.314 e. The molecule has 122 valence electrons. The van der Waals surface area contributed by atoms with Gasteiger partial charge in [0.15, 0.2) is 0 Å². The molecule has 2 aliphatic rings. The van der Waals surface area contributed by atoms with Gasteiger partial charge >= 0.3 is 0 Å². The Kier molecular flexibility index (Phi) is 4.47. The van der Waals surface area contributed by atoms with E-state index in [4.69, 9.17) is 0 Å². The Morgan fingerprint density at radius 2 is 1.64 bits per heavy atom. The highest BCUT2D eigenvalue weighted by Crippen LogP contribution is 2.28. The number of rotatable bonds is 5. The Bertz CT molecular complexity index is 619. The molecule has 2 fully saturated rings. The monoisotopic (exact) mass is 330 g/mol. The van der Waals surface area contributed by atoms with Crippen molar-refractivity contribution in [2.45, 2.75) is 36.6 Å². The van der Waals surface area contributed by atoms with E-state index in [0.29, 0.717) is 25.2 Å². The third-order valence-electron chi connectivity index (χ3n) is 4.32. The summed E-state index contributed by atoms with van der Waals surface area (Å²) in [5.74, 6) is -0.962. The first-order valence-electron chi connectivity index (χ1n) is 7.65. The predicted octanol–water partition coefficient (Wildman–Crippen LogP) is 2.12. The van der Waals surface area contributed by atoms with Crippen LogP contribution in [0.2, 0.25) is 0 Å². The molecule has 4 nitrogen and oxygen atoms in total. The maximum atomic E-state index is 13.2. The lowest BCUT2D eigenvalue weighted by Gasteiger charge is -2.31. The van der Waals surface area contributed by atoms with E-state index >= 15 is 0 Å². The van der Waals surface area contributed by atoms with Crippen molar-refractivity contribution in [1.82, 2.24) is 9.62 Å². The average molecular weight is 330 g/mol. The molecule has 0 spiro atoms. The van der Waals surface area contributed by atoms with Gasteiger partial charge in [0.25, 0.3) is 0 Å². The highest BCUT2D eigenvalue weighted by molar-refractivity contribution is 7.89. The Labute approximate surface area is 129 Å². The van der Waals surface area contributed by atoms with E-state index < -0.39 is 21.7 Å². The lowest BCUT2D eigenvalue weighted by molar-refractivity contribution is 0.288. The summed E-state index contributed by atoms with van der Waals surface area (Å²) in [6.45, 7) is 1.76. The fraction of sp³-hybridized carbons (Fsp3) is 0.600. The summed E-state index contributed by atoms with van der Waals surface area (Å²) in [4.78, 5) is -0.311. The first-order valence-corrected chi connectivity index (χ1v) is 9.09. The lowest BCUT2D eigenvalue weighted by Crippen LogP contribution is -2.45. The summed E-state index contributed by atoms with van der Waals surface area (Å²) in [6.07, 6.45) is 4.02. The van der Waals surface area contributed by atoms with Crippen LogP contribution in [-0.4, -0.2) is 38.4 Å². The minimum atomic E-state index is -3.82. The van der Waals surface area contributed by atoms with Gasteiger partial charge in [-0.15, -0.1) is 0 Å². The van der Waals surface area contributed by atoms with Gasteiger partial charge in [-0.05, 0) is 50.3 Å². The van der Waals surface area contributed by atoms with Crippen LogP contribution in [0.15, 0.2) is 23.1 Å². The molecule has 0 unspecified atom stereocenters. The standard InChI is InChI=1S/C15H20F2N2O2S/c16-12-7-13(17)9-15(8-12)22(20,21)19-5-3-14(4-6-19)18-10-11-1-2-11/h7-9,11,14,18H,1-6,10H2. The summed E-state index contributed by atoms with van der Waals surface area (Å²) in [7, 11) is -3.82. The van der Waals surface area contributed by atoms with Gasteiger partial charge in [0.2, 0.25) is 10.0 Å². The van der Waals surface area contributed by atoms with Crippen LogP contribution in [0, 0.1) is 17.6 Å². The second-order valence-electron chi connectivity index (χ2n) is 6.14. The molecule has 1 aromatic rings. The Morgan fingerprint density at radius 3 is 2.18 bits per heavy atom. The van der Waals surface area contributed by atoms with Gasteiger partial charge in [0, 0.05) is 25.2 Å². The molecule has 1 aliphatic heterocycles. The van der Waals surface area contributed by atoms with Crippen molar-refractivity contribution in [3.8, 4) is 0 Å². The number of nitrogens with zero attached hydrogens (tertiary/aromatic N) is 1. The van der Waals surface area contributed by atoms with Crippen LogP contribution in [0.1, 0.15) is 25.7 Å². The fourth-order valence-electron chi connectivity index (χ4n) is 2.78. The second-order valence-corrected chi connectivity index (χ2v) is 8.07. The molecule has 22 heavy (non-hydrogen) atoms. The van der Waals surface area contributed by atoms with Crippen LogP contribution in [0.25, 0.3) is 0 Å². The molecule has 1 N–H and O–H groups in total. The Morgan fingerprint density at radius 1 is 1.05 bits per heavy atom. The van der Waals surface area contributed by atoms with Crippen LogP contribution in [0.3, 0.4) is 0 Å². The SMILES string of the molecule is O=S(=O)(c1cc(F)cc(F)c1)N1CCC(NCC2CC2)CC1. The molecule has 1 saturated carbocycles. The quantitative estimate of drug-likeness (QED) is 0.900. The van der Waals surface area contributed by atoms with E-state index in [0.717, 1.165) is 37.4 Å². The second kappa shape index (κ2) is 6.22. The summed E-state index contributed by atoms with van der Waals surface area (Å²) in [5, 5.41) is 3.47. The van der Waals surface area contributed by atoms with Crippen molar-refractivity contribution in [1.29, 1.82) is 0 Å². The van der Waals surface area contributed by atoms with Crippen LogP contribution in [-0.2, 0) is 10.0 Å². The molecule has 1 aliphatic carbocycles. The van der Waals surface area contributed by atoms with Crippen LogP contribution in [0.4, 0.5) is 8.78 Å². The molecule has 3 rings (SSSR count). The van der Waals surface area contributed by atoms with Crippen molar-refractivity contribution in [2.24, 2.45) is 5.92 Å². The van der Waals surface area contributed by atoms with E-state index in [2.05, 4.69) is 5.32 Å². The molecule has 7 heteroatoms. The van der Waals surface area contributed by atoms with Crippen molar-refractivity contribution < 1.29 is 17.2 Å². The van der Waals surface area contributed by atoms with E-state index in [-0.39, 0.29) is 4.90 Å². The highest BCUT2D eigenvalue weighted by Gasteiger charge is 2.30. The van der Waals surface area contributed by atoms with Gasteiger partial charge in [-0.25, -0.2) is 17.2 Å². The van der Waals surface area contributed by atoms with Crippen molar-refractivity contribution in [2.75, 3.05) is 19.6 Å². The molecule has 0 amide bonds. The van der Waals surface area contributed by atoms with Crippen LogP contribution in [0.5, 0.6) is 0 Å². The summed E-state index contributed by atoms with van der Waals surface area (Å²) >= 11 is 0. The lowest BCUT2D eigenvalue weighted by atomic mass is 10.1. The highest BCUT2D eigenvalue weighted by atomic mass is 32.2. The number of sulfonamides is 1. The minimum absolute atomic E-state index is 0.311. The number of halogens is 2. The van der Waals surface area contributed by atoms with E-state index in [1.165, 1.54) is 17.1 Å². The summed E-state index contributed by atoms with van der Waals surface area (Å²) in [5.41, 5.74) is 0. The number of piperidine rings is 1. The average Bonchev–Trinajstić information content (AvgIpc) is 3.29. The smallest absolute Gasteiger partial charge is 0.243 e. The first-order chi connectivity index (χ1) is 10.4. The van der Waals surface area contributed by atoms with Gasteiger partial charge < -0.3 is 5.32 Å². The maximum absolute atomic E-state index is 13.2. The molecule has 0 atom stereocenters. The molecule has 1 aromatic carbocycles. The van der Waals surface area contributed by atoms with Gasteiger partial charge in [-0.1, -0.05) is 0 Å². The van der Waals surface area contributed by atoms with E-state index in [1.54, 1.807) is 0 Å². The zero-order valence-electron chi connectivity index (χ0n) is 12.3. The number of hydrogen-bond acceptors (Lipinski definition) is 3. The number of benzene rings is 1. The summed E-state index contributed by atoms with van der Waals surface area (Å²) in [6, 6.07) is 2.75. The van der Waals surface area contributed by atoms with E-state index in [1.807, 2.05) is 0 Å². The topological polar surface area (TPSA) is 49.4 Å². The molecule has 1 heterocycles. The van der Waals surface area contributed by atoms with Gasteiger partial charge in [-0.2, -0.15) is 4.31 Å². The molecular weight excluding hydrogens is 310 g/mol. The van der Waals surface area contributed by atoms with E-state index in [9.17, 15) is 17.2 Å². The minimum Gasteiger partial charge on any atom is -0.314 e. The van der Waals surface area contributed by atoms with Crippen LogP contribution >= 0.6 is 0 Å². The van der Waals surface area contributed by atoms with Crippen LogP contribution < -0.4 is 5.32 Å². The van der Waals surface area contributed by atoms with Gasteiger partial charge in [0.1, 0.15) is 11.6 Å². The Balaban J connectivity index is 1.63. The maximum Gasteiger partial charge on any atom is 0.243 e. The van der Waals surface area contributed by atoms with Crippen molar-refractivity contribution in [3.63, 3.8) is 0 Å². The molecule has 0 radical (unpaired) electrons. The van der Waals surface area contributed by atoms with Gasteiger partial charge in [-0.3, -0.25) is 0 Å². The normalized spacial score (nSPS) is 21.2. The van der Waals surface area contributed by atoms with Crippen molar-refractivity contribution >= 4 is 10.0 Å². The molecular formula is C15H20F2N2O2S. The number of hydrogen-bond donors (Lipinski definition) is 1. The molecule has 1 saturated heterocycles. The van der Waals surface area contributed by atoms with Crippen molar-refractivity contribution in [3.05, 3.63) is 29.8 Å². The fourth-order valence-corrected chi connectivity index (χ4v) is 4.29. The molecule has 0 bridgehead atoms. The zero-order valence-corrected chi connectivity index (χ0v) is 13.1. The Hall–Kier alpha value is -1.05. The predicted molar refractivity (Wildman–Crippen MR) is 78.9 cm³/mol. The third kappa shape index (κ3) is 3.64. The zero-order chi connectivity index (χ0) is 15.7. The number of nitrogens with one attached hydrogen (secondary N) is 1. The van der Waals surface area contributed by atoms with Gasteiger partial charge in [0.05, 0.1) is 4.90 Å². The first kappa shape index (κ1) is 15.8.